The fourth-order valence-corrected chi connectivity index (χ4v) is 3.51. The Labute approximate surface area is 122 Å². The van der Waals surface area contributed by atoms with Crippen LogP contribution in [0.5, 0.6) is 0 Å². The number of ether oxygens (including phenoxy) is 1. The van der Waals surface area contributed by atoms with Gasteiger partial charge in [-0.2, -0.15) is 0 Å². The molecule has 0 bridgehead atoms. The molecule has 1 atom stereocenters. The SMILES string of the molecule is CCOC1CCN(CC2NCCc3ccccc32)CC1. The highest BCUT2D eigenvalue weighted by Crippen LogP contribution is 2.24. The van der Waals surface area contributed by atoms with Gasteiger partial charge in [-0.05, 0) is 43.9 Å². The molecule has 3 nitrogen and oxygen atoms in total. The Balaban J connectivity index is 1.57. The first kappa shape index (κ1) is 14.1. The number of benzene rings is 1. The molecule has 110 valence electrons. The van der Waals surface area contributed by atoms with E-state index in [1.807, 2.05) is 0 Å². The number of hydrogen-bond donors (Lipinski definition) is 1. The summed E-state index contributed by atoms with van der Waals surface area (Å²) in [4.78, 5) is 2.59. The van der Waals surface area contributed by atoms with Gasteiger partial charge in [0, 0.05) is 32.3 Å². The molecular weight excluding hydrogens is 248 g/mol. The zero-order valence-electron chi connectivity index (χ0n) is 12.5. The van der Waals surface area contributed by atoms with Crippen molar-refractivity contribution in [3.05, 3.63) is 35.4 Å². The van der Waals surface area contributed by atoms with E-state index in [0.717, 1.165) is 19.7 Å². The molecule has 0 aromatic heterocycles. The summed E-state index contributed by atoms with van der Waals surface area (Å²) < 4.78 is 5.74. The summed E-state index contributed by atoms with van der Waals surface area (Å²) in [5.74, 6) is 0. The predicted molar refractivity (Wildman–Crippen MR) is 82.0 cm³/mol. The fraction of sp³-hybridized carbons (Fsp3) is 0.647. The first-order chi connectivity index (χ1) is 9.86. The van der Waals surface area contributed by atoms with E-state index in [2.05, 4.69) is 41.4 Å². The highest BCUT2D eigenvalue weighted by atomic mass is 16.5. The maximum Gasteiger partial charge on any atom is 0.0599 e. The molecule has 3 rings (SSSR count). The lowest BCUT2D eigenvalue weighted by Crippen LogP contribution is -2.43. The van der Waals surface area contributed by atoms with E-state index in [0.29, 0.717) is 12.1 Å². The van der Waals surface area contributed by atoms with Crippen LogP contribution in [-0.4, -0.2) is 43.8 Å². The van der Waals surface area contributed by atoms with Crippen LogP contribution in [0.3, 0.4) is 0 Å². The molecule has 0 spiro atoms. The Morgan fingerprint density at radius 1 is 1.25 bits per heavy atom. The molecule has 0 saturated carbocycles. The smallest absolute Gasteiger partial charge is 0.0599 e. The van der Waals surface area contributed by atoms with Gasteiger partial charge in [0.2, 0.25) is 0 Å². The lowest BCUT2D eigenvalue weighted by molar-refractivity contribution is 0.0122. The second-order valence-corrected chi connectivity index (χ2v) is 5.91. The van der Waals surface area contributed by atoms with Crippen molar-refractivity contribution in [2.45, 2.75) is 38.3 Å². The third-order valence-corrected chi connectivity index (χ3v) is 4.59. The van der Waals surface area contributed by atoms with Gasteiger partial charge in [0.25, 0.3) is 0 Å². The van der Waals surface area contributed by atoms with Crippen molar-refractivity contribution in [3.8, 4) is 0 Å². The number of rotatable bonds is 4. The van der Waals surface area contributed by atoms with Crippen molar-refractivity contribution in [2.24, 2.45) is 0 Å². The van der Waals surface area contributed by atoms with E-state index in [1.165, 1.54) is 43.5 Å². The summed E-state index contributed by atoms with van der Waals surface area (Å²) in [6.07, 6.45) is 4.02. The first-order valence-electron chi connectivity index (χ1n) is 8.02. The predicted octanol–water partition coefficient (Wildman–Crippen LogP) is 2.37. The fourth-order valence-electron chi connectivity index (χ4n) is 3.51. The van der Waals surface area contributed by atoms with E-state index in [1.54, 1.807) is 0 Å². The molecule has 1 fully saturated rings. The van der Waals surface area contributed by atoms with Crippen molar-refractivity contribution < 1.29 is 4.74 Å². The van der Waals surface area contributed by atoms with Crippen LogP contribution in [0.2, 0.25) is 0 Å². The molecule has 1 aromatic rings. The molecule has 20 heavy (non-hydrogen) atoms. The quantitative estimate of drug-likeness (QED) is 0.912. The molecule has 1 N–H and O–H groups in total. The number of fused-ring (bicyclic) bond motifs is 1. The standard InChI is InChI=1S/C17H26N2O/c1-2-20-15-8-11-19(12-9-15)13-17-16-6-4-3-5-14(16)7-10-18-17/h3-6,15,17-18H,2,7-13H2,1H3. The minimum Gasteiger partial charge on any atom is -0.378 e. The van der Waals surface area contributed by atoms with Crippen LogP contribution < -0.4 is 5.32 Å². The summed E-state index contributed by atoms with van der Waals surface area (Å²) >= 11 is 0. The Morgan fingerprint density at radius 2 is 2.05 bits per heavy atom. The van der Waals surface area contributed by atoms with Gasteiger partial charge < -0.3 is 15.0 Å². The Hall–Kier alpha value is -0.900. The third kappa shape index (κ3) is 3.22. The van der Waals surface area contributed by atoms with Gasteiger partial charge in [-0.1, -0.05) is 24.3 Å². The first-order valence-corrected chi connectivity index (χ1v) is 8.02. The number of nitrogens with zero attached hydrogens (tertiary/aromatic N) is 1. The van der Waals surface area contributed by atoms with Crippen LogP contribution in [0, 0.1) is 0 Å². The minimum atomic E-state index is 0.489. The summed E-state index contributed by atoms with van der Waals surface area (Å²) in [6.45, 7) is 7.53. The molecule has 2 aliphatic rings. The average Bonchev–Trinajstić information content (AvgIpc) is 2.50. The van der Waals surface area contributed by atoms with Crippen LogP contribution in [0.4, 0.5) is 0 Å². The second-order valence-electron chi connectivity index (χ2n) is 5.91. The van der Waals surface area contributed by atoms with Crippen molar-refractivity contribution >= 4 is 0 Å². The lowest BCUT2D eigenvalue weighted by Gasteiger charge is -2.36. The normalized spacial score (nSPS) is 24.6. The maximum atomic E-state index is 5.74. The van der Waals surface area contributed by atoms with Crippen molar-refractivity contribution in [1.29, 1.82) is 0 Å². The lowest BCUT2D eigenvalue weighted by atomic mass is 9.93. The van der Waals surface area contributed by atoms with E-state index in [-0.39, 0.29) is 0 Å². The van der Waals surface area contributed by atoms with E-state index < -0.39 is 0 Å². The third-order valence-electron chi connectivity index (χ3n) is 4.59. The van der Waals surface area contributed by atoms with Gasteiger partial charge in [0.05, 0.1) is 6.10 Å². The van der Waals surface area contributed by atoms with Gasteiger partial charge in [-0.3, -0.25) is 0 Å². The van der Waals surface area contributed by atoms with Gasteiger partial charge in [-0.15, -0.1) is 0 Å². The molecule has 2 heterocycles. The van der Waals surface area contributed by atoms with Crippen LogP contribution in [0.1, 0.15) is 36.9 Å². The minimum absolute atomic E-state index is 0.489. The van der Waals surface area contributed by atoms with Crippen molar-refractivity contribution in [3.63, 3.8) is 0 Å². The average molecular weight is 274 g/mol. The Kier molecular flexibility index (Phi) is 4.71. The molecule has 1 saturated heterocycles. The summed E-state index contributed by atoms with van der Waals surface area (Å²) in [5, 5.41) is 3.69. The molecule has 1 aromatic carbocycles. The monoisotopic (exact) mass is 274 g/mol. The van der Waals surface area contributed by atoms with Crippen LogP contribution >= 0.6 is 0 Å². The highest BCUT2D eigenvalue weighted by Gasteiger charge is 2.25. The van der Waals surface area contributed by atoms with Crippen molar-refractivity contribution in [1.82, 2.24) is 10.2 Å². The zero-order valence-corrected chi connectivity index (χ0v) is 12.5. The number of likely N-dealkylation sites (tertiary alicyclic amines) is 1. The summed E-state index contributed by atoms with van der Waals surface area (Å²) in [7, 11) is 0. The Morgan fingerprint density at radius 3 is 2.85 bits per heavy atom. The van der Waals surface area contributed by atoms with Gasteiger partial charge in [0.1, 0.15) is 0 Å². The summed E-state index contributed by atoms with van der Waals surface area (Å²) in [5.41, 5.74) is 3.03. The van der Waals surface area contributed by atoms with Gasteiger partial charge >= 0.3 is 0 Å². The van der Waals surface area contributed by atoms with E-state index in [9.17, 15) is 0 Å². The maximum absolute atomic E-state index is 5.74. The molecule has 0 amide bonds. The molecule has 0 aliphatic carbocycles. The molecule has 0 radical (unpaired) electrons. The molecule has 1 unspecified atom stereocenters. The largest absolute Gasteiger partial charge is 0.378 e. The topological polar surface area (TPSA) is 24.5 Å². The van der Waals surface area contributed by atoms with Crippen LogP contribution in [0.25, 0.3) is 0 Å². The number of hydrogen-bond acceptors (Lipinski definition) is 3. The van der Waals surface area contributed by atoms with Crippen molar-refractivity contribution in [2.75, 3.05) is 32.8 Å². The number of nitrogens with one attached hydrogen (secondary N) is 1. The van der Waals surface area contributed by atoms with E-state index >= 15 is 0 Å². The Bertz CT molecular complexity index is 427. The molecule has 3 heteroatoms. The zero-order chi connectivity index (χ0) is 13.8. The van der Waals surface area contributed by atoms with Gasteiger partial charge in [0.15, 0.2) is 0 Å². The van der Waals surface area contributed by atoms with Gasteiger partial charge in [-0.25, -0.2) is 0 Å². The summed E-state index contributed by atoms with van der Waals surface area (Å²) in [6, 6.07) is 9.40. The van der Waals surface area contributed by atoms with Crippen LogP contribution in [0.15, 0.2) is 24.3 Å². The highest BCUT2D eigenvalue weighted by molar-refractivity contribution is 5.32. The number of piperidine rings is 1. The second kappa shape index (κ2) is 6.70. The van der Waals surface area contributed by atoms with E-state index in [4.69, 9.17) is 4.74 Å². The van der Waals surface area contributed by atoms with Crippen LogP contribution in [-0.2, 0) is 11.2 Å². The molecular formula is C17H26N2O. The molecule has 2 aliphatic heterocycles.